The van der Waals surface area contributed by atoms with E-state index >= 15 is 0 Å². The molecule has 0 spiro atoms. The molecule has 0 rings (SSSR count). The van der Waals surface area contributed by atoms with Crippen molar-refractivity contribution in [2.45, 2.75) is 0 Å². The molecule has 0 fully saturated rings. The van der Waals surface area contributed by atoms with Crippen LogP contribution in [0.3, 0.4) is 0 Å². The normalized spacial score (nSPS) is 11.8. The highest BCUT2D eigenvalue weighted by Crippen LogP contribution is 1.95. The van der Waals surface area contributed by atoms with Gasteiger partial charge in [0.2, 0.25) is 0 Å². The standard InChI is InChI=1S/C14H32N2O8/c17-11-21-7-3-15(4-8-22-12-18)1-2-16(5-9-23-13-19)6-10-24-14-20/h17-20H,1-14H2. The summed E-state index contributed by atoms with van der Waals surface area (Å²) >= 11 is 0. The van der Waals surface area contributed by atoms with Crippen molar-refractivity contribution in [2.24, 2.45) is 0 Å². The van der Waals surface area contributed by atoms with Gasteiger partial charge in [-0.2, -0.15) is 0 Å². The van der Waals surface area contributed by atoms with Crippen molar-refractivity contribution in [3.63, 3.8) is 0 Å². The summed E-state index contributed by atoms with van der Waals surface area (Å²) in [6, 6.07) is 0. The molecule has 0 aromatic heterocycles. The third kappa shape index (κ3) is 15.1. The minimum atomic E-state index is -0.315. The number of nitrogens with zero attached hydrogens (tertiary/aromatic N) is 2. The van der Waals surface area contributed by atoms with Crippen LogP contribution in [0.1, 0.15) is 0 Å². The van der Waals surface area contributed by atoms with Crippen molar-refractivity contribution in [3.8, 4) is 0 Å². The Morgan fingerprint density at radius 2 is 0.667 bits per heavy atom. The largest absolute Gasteiger partial charge is 0.371 e. The second kappa shape index (κ2) is 18.9. The highest BCUT2D eigenvalue weighted by atomic mass is 16.6. The molecule has 0 saturated carbocycles. The first kappa shape index (κ1) is 23.6. The van der Waals surface area contributed by atoms with Crippen molar-refractivity contribution in [1.29, 1.82) is 0 Å². The summed E-state index contributed by atoms with van der Waals surface area (Å²) in [4.78, 5) is 4.19. The first-order chi connectivity index (χ1) is 11.8. The van der Waals surface area contributed by atoms with E-state index in [1.54, 1.807) is 0 Å². The van der Waals surface area contributed by atoms with Gasteiger partial charge in [0, 0.05) is 39.3 Å². The van der Waals surface area contributed by atoms with Gasteiger partial charge in [-0.15, -0.1) is 0 Å². The molecule has 0 aliphatic carbocycles. The van der Waals surface area contributed by atoms with Gasteiger partial charge in [0.05, 0.1) is 26.4 Å². The SMILES string of the molecule is OCOCCN(CCOCO)CCN(CCOCO)CCOCO. The summed E-state index contributed by atoms with van der Waals surface area (Å²) in [7, 11) is 0. The van der Waals surface area contributed by atoms with E-state index in [9.17, 15) is 0 Å². The van der Waals surface area contributed by atoms with Crippen molar-refractivity contribution in [3.05, 3.63) is 0 Å². The van der Waals surface area contributed by atoms with Crippen LogP contribution >= 0.6 is 0 Å². The fraction of sp³-hybridized carbons (Fsp3) is 1.00. The lowest BCUT2D eigenvalue weighted by molar-refractivity contribution is -0.0329. The Hall–Kier alpha value is -0.400. The van der Waals surface area contributed by atoms with Gasteiger partial charge in [-0.25, -0.2) is 0 Å². The van der Waals surface area contributed by atoms with Gasteiger partial charge in [-0.1, -0.05) is 0 Å². The van der Waals surface area contributed by atoms with Crippen molar-refractivity contribution in [1.82, 2.24) is 9.80 Å². The van der Waals surface area contributed by atoms with Crippen LogP contribution in [0.5, 0.6) is 0 Å². The van der Waals surface area contributed by atoms with Crippen LogP contribution in [-0.4, -0.2) is 123 Å². The molecule has 0 atom stereocenters. The summed E-state index contributed by atoms with van der Waals surface area (Å²) in [6.07, 6.45) is 0. The second-order valence-corrected chi connectivity index (χ2v) is 4.83. The van der Waals surface area contributed by atoms with Gasteiger partial charge in [0.25, 0.3) is 0 Å². The zero-order chi connectivity index (χ0) is 17.9. The highest BCUT2D eigenvalue weighted by molar-refractivity contribution is 4.64. The van der Waals surface area contributed by atoms with Gasteiger partial charge >= 0.3 is 0 Å². The third-order valence-electron chi connectivity index (χ3n) is 3.31. The molecule has 24 heavy (non-hydrogen) atoms. The van der Waals surface area contributed by atoms with E-state index in [4.69, 9.17) is 39.4 Å². The van der Waals surface area contributed by atoms with Crippen molar-refractivity contribution >= 4 is 0 Å². The van der Waals surface area contributed by atoms with Gasteiger partial charge < -0.3 is 39.4 Å². The van der Waals surface area contributed by atoms with Crippen LogP contribution in [0.25, 0.3) is 0 Å². The lowest BCUT2D eigenvalue weighted by Gasteiger charge is -2.27. The average molecular weight is 356 g/mol. The van der Waals surface area contributed by atoms with Crippen LogP contribution in [0.15, 0.2) is 0 Å². The van der Waals surface area contributed by atoms with Crippen LogP contribution in [0, 0.1) is 0 Å². The summed E-state index contributed by atoms with van der Waals surface area (Å²) in [5.74, 6) is 0. The van der Waals surface area contributed by atoms with E-state index in [-0.39, 0.29) is 27.2 Å². The van der Waals surface area contributed by atoms with E-state index < -0.39 is 0 Å². The molecule has 0 aromatic carbocycles. The molecule has 0 bridgehead atoms. The fourth-order valence-electron chi connectivity index (χ4n) is 1.99. The molecule has 0 aliphatic heterocycles. The average Bonchev–Trinajstić information content (AvgIpc) is 2.59. The number of aliphatic hydroxyl groups excluding tert-OH is 4. The van der Waals surface area contributed by atoms with Gasteiger partial charge in [0.1, 0.15) is 27.2 Å². The molecule has 146 valence electrons. The predicted octanol–water partition coefficient (Wildman–Crippen LogP) is -2.54. The molecule has 0 heterocycles. The van der Waals surface area contributed by atoms with E-state index in [1.165, 1.54) is 0 Å². The van der Waals surface area contributed by atoms with Crippen LogP contribution < -0.4 is 0 Å². The topological polar surface area (TPSA) is 124 Å². The molecule has 0 aliphatic rings. The highest BCUT2D eigenvalue weighted by Gasteiger charge is 2.10. The van der Waals surface area contributed by atoms with Crippen molar-refractivity contribution < 1.29 is 39.4 Å². The Kier molecular flexibility index (Phi) is 18.6. The minimum Gasteiger partial charge on any atom is -0.371 e. The summed E-state index contributed by atoms with van der Waals surface area (Å²) < 4.78 is 19.8. The lowest BCUT2D eigenvalue weighted by atomic mass is 10.4. The quantitative estimate of drug-likeness (QED) is 0.145. The summed E-state index contributed by atoms with van der Waals surface area (Å²) in [6.45, 7) is 4.30. The number of aliphatic hydroxyl groups is 4. The minimum absolute atomic E-state index is 0.315. The maximum absolute atomic E-state index is 8.68. The summed E-state index contributed by atoms with van der Waals surface area (Å²) in [5, 5.41) is 34.7. The smallest absolute Gasteiger partial charge is 0.143 e. The van der Waals surface area contributed by atoms with E-state index in [0.29, 0.717) is 52.6 Å². The molecule has 0 aromatic rings. The molecular weight excluding hydrogens is 324 g/mol. The van der Waals surface area contributed by atoms with Crippen LogP contribution in [-0.2, 0) is 18.9 Å². The predicted molar refractivity (Wildman–Crippen MR) is 85.0 cm³/mol. The Balaban J connectivity index is 4.21. The maximum atomic E-state index is 8.68. The van der Waals surface area contributed by atoms with Gasteiger partial charge in [-0.3, -0.25) is 9.80 Å². The molecule has 10 heteroatoms. The van der Waals surface area contributed by atoms with Crippen molar-refractivity contribution in [2.75, 3.05) is 92.9 Å². The Labute approximate surface area is 143 Å². The molecule has 10 nitrogen and oxygen atoms in total. The zero-order valence-corrected chi connectivity index (χ0v) is 14.2. The first-order valence-corrected chi connectivity index (χ1v) is 7.97. The monoisotopic (exact) mass is 356 g/mol. The molecule has 0 saturated heterocycles. The number of rotatable bonds is 19. The lowest BCUT2D eigenvalue weighted by Crippen LogP contribution is -2.41. The molecule has 4 N–H and O–H groups in total. The second-order valence-electron chi connectivity index (χ2n) is 4.83. The fourth-order valence-corrected chi connectivity index (χ4v) is 1.99. The van der Waals surface area contributed by atoms with Gasteiger partial charge in [-0.05, 0) is 0 Å². The van der Waals surface area contributed by atoms with E-state index in [0.717, 1.165) is 13.1 Å². The van der Waals surface area contributed by atoms with Crippen LogP contribution in [0.2, 0.25) is 0 Å². The van der Waals surface area contributed by atoms with Crippen LogP contribution in [0.4, 0.5) is 0 Å². The molecule has 0 radical (unpaired) electrons. The molecular formula is C14H32N2O8. The molecule has 0 unspecified atom stereocenters. The Morgan fingerprint density at radius 1 is 0.417 bits per heavy atom. The third-order valence-corrected chi connectivity index (χ3v) is 3.31. The number of ether oxygens (including phenoxy) is 4. The molecule has 0 amide bonds. The maximum Gasteiger partial charge on any atom is 0.143 e. The summed E-state index contributed by atoms with van der Waals surface area (Å²) in [5.41, 5.74) is 0. The first-order valence-electron chi connectivity index (χ1n) is 7.97. The zero-order valence-electron chi connectivity index (χ0n) is 14.2. The number of hydrogen-bond acceptors (Lipinski definition) is 10. The Bertz CT molecular complexity index is 207. The number of hydrogen-bond donors (Lipinski definition) is 4. The van der Waals surface area contributed by atoms with Gasteiger partial charge in [0.15, 0.2) is 0 Å². The van der Waals surface area contributed by atoms with E-state index in [2.05, 4.69) is 9.80 Å². The van der Waals surface area contributed by atoms with E-state index in [1.807, 2.05) is 0 Å². The Morgan fingerprint density at radius 3 is 0.875 bits per heavy atom.